The van der Waals surface area contributed by atoms with Gasteiger partial charge < -0.3 is 19.5 Å². The fourth-order valence-electron chi connectivity index (χ4n) is 2.53. The highest BCUT2D eigenvalue weighted by Gasteiger charge is 2.29. The van der Waals surface area contributed by atoms with Crippen LogP contribution >= 0.6 is 11.6 Å². The number of hydrogen-bond acceptors (Lipinski definition) is 5. The van der Waals surface area contributed by atoms with Gasteiger partial charge in [0.05, 0.1) is 11.7 Å². The summed E-state index contributed by atoms with van der Waals surface area (Å²) in [4.78, 5) is 29.3. The zero-order valence-corrected chi connectivity index (χ0v) is 14.5. The summed E-state index contributed by atoms with van der Waals surface area (Å²) < 4.78 is 10.7. The summed E-state index contributed by atoms with van der Waals surface area (Å²) in [5.41, 5.74) is 0.240. The maximum atomic E-state index is 12.7. The molecule has 0 atom stereocenters. The summed E-state index contributed by atoms with van der Waals surface area (Å²) >= 11 is 6.12. The molecule has 24 heavy (non-hydrogen) atoms. The minimum atomic E-state index is -1.06. The molecule has 1 aliphatic rings. The normalized spacial score (nSPS) is 15.3. The number of pyridine rings is 1. The summed E-state index contributed by atoms with van der Waals surface area (Å²) in [6, 6.07) is 1.29. The lowest BCUT2D eigenvalue weighted by Gasteiger charge is -2.33. The van der Waals surface area contributed by atoms with E-state index in [1.54, 1.807) is 0 Å². The molecule has 0 unspecified atom stereocenters. The Labute approximate surface area is 145 Å². The van der Waals surface area contributed by atoms with Gasteiger partial charge in [0.25, 0.3) is 5.91 Å². The Morgan fingerprint density at radius 1 is 1.46 bits per heavy atom. The molecule has 132 valence electrons. The number of carboxylic acids is 1. The van der Waals surface area contributed by atoms with Gasteiger partial charge in [-0.25, -0.2) is 4.98 Å². The number of aromatic nitrogens is 1. The van der Waals surface area contributed by atoms with Crippen LogP contribution in [0.1, 0.15) is 37.0 Å². The Morgan fingerprint density at radius 2 is 2.12 bits per heavy atom. The van der Waals surface area contributed by atoms with Crippen molar-refractivity contribution in [3.63, 3.8) is 0 Å². The summed E-state index contributed by atoms with van der Waals surface area (Å²) in [5, 5.41) is 9.34. The first kappa shape index (κ1) is 18.5. The first-order chi connectivity index (χ1) is 11.4. The lowest BCUT2D eigenvalue weighted by molar-refractivity contribution is -0.138. The summed E-state index contributed by atoms with van der Waals surface area (Å²) in [6.07, 6.45) is 2.48. The molecule has 1 amide bonds. The fraction of sp³-hybridized carbons (Fsp3) is 0.562. The van der Waals surface area contributed by atoms with Crippen molar-refractivity contribution in [1.82, 2.24) is 9.88 Å². The number of amides is 1. The lowest BCUT2D eigenvalue weighted by atomic mass is 10.1. The van der Waals surface area contributed by atoms with Gasteiger partial charge in [-0.3, -0.25) is 9.59 Å². The molecule has 0 aliphatic carbocycles. The molecule has 0 saturated carbocycles. The second-order valence-corrected chi connectivity index (χ2v) is 6.26. The van der Waals surface area contributed by atoms with Gasteiger partial charge in [0.2, 0.25) is 5.88 Å². The van der Waals surface area contributed by atoms with Crippen LogP contribution in [0.15, 0.2) is 12.3 Å². The SMILES string of the molecule is CC(C)Oc1ncc(C(=O)N(CC(=O)O)C2CCOCC2)cc1Cl. The van der Waals surface area contributed by atoms with Crippen LogP contribution in [0.25, 0.3) is 0 Å². The van der Waals surface area contributed by atoms with E-state index in [9.17, 15) is 9.59 Å². The topological polar surface area (TPSA) is 89.0 Å². The van der Waals surface area contributed by atoms with Crippen LogP contribution in [0, 0.1) is 0 Å². The third-order valence-corrected chi connectivity index (χ3v) is 3.87. The third kappa shape index (κ3) is 4.82. The van der Waals surface area contributed by atoms with E-state index >= 15 is 0 Å². The van der Waals surface area contributed by atoms with E-state index in [4.69, 9.17) is 26.2 Å². The van der Waals surface area contributed by atoms with E-state index in [0.29, 0.717) is 26.1 Å². The third-order valence-electron chi connectivity index (χ3n) is 3.60. The average Bonchev–Trinajstić information content (AvgIpc) is 2.54. The molecule has 8 heteroatoms. The number of carbonyl (C=O) groups excluding carboxylic acids is 1. The van der Waals surface area contributed by atoms with Crippen molar-refractivity contribution in [2.24, 2.45) is 0 Å². The molecule has 1 saturated heterocycles. The van der Waals surface area contributed by atoms with Crippen molar-refractivity contribution in [2.75, 3.05) is 19.8 Å². The van der Waals surface area contributed by atoms with Gasteiger partial charge in [-0.15, -0.1) is 0 Å². The highest BCUT2D eigenvalue weighted by Crippen LogP contribution is 2.25. The van der Waals surface area contributed by atoms with Crippen molar-refractivity contribution < 1.29 is 24.2 Å². The smallest absolute Gasteiger partial charge is 0.323 e. The van der Waals surface area contributed by atoms with Crippen molar-refractivity contribution in [1.29, 1.82) is 0 Å². The van der Waals surface area contributed by atoms with Gasteiger partial charge in [-0.2, -0.15) is 0 Å². The van der Waals surface area contributed by atoms with E-state index in [2.05, 4.69) is 4.98 Å². The maximum Gasteiger partial charge on any atom is 0.323 e. The quantitative estimate of drug-likeness (QED) is 0.840. The van der Waals surface area contributed by atoms with Crippen LogP contribution in [0.5, 0.6) is 5.88 Å². The Hall–Kier alpha value is -1.86. The van der Waals surface area contributed by atoms with Gasteiger partial charge in [0, 0.05) is 25.5 Å². The number of nitrogens with zero attached hydrogens (tertiary/aromatic N) is 2. The zero-order valence-electron chi connectivity index (χ0n) is 13.7. The Balaban J connectivity index is 2.21. The van der Waals surface area contributed by atoms with Gasteiger partial charge >= 0.3 is 5.97 Å². The highest BCUT2D eigenvalue weighted by molar-refractivity contribution is 6.32. The molecule has 0 bridgehead atoms. The predicted molar refractivity (Wildman–Crippen MR) is 87.5 cm³/mol. The molecule has 0 aromatic carbocycles. The largest absolute Gasteiger partial charge is 0.480 e. The Bertz CT molecular complexity index is 602. The van der Waals surface area contributed by atoms with Crippen molar-refractivity contribution in [3.05, 3.63) is 22.8 Å². The minimum Gasteiger partial charge on any atom is -0.480 e. The van der Waals surface area contributed by atoms with Crippen LogP contribution in [-0.2, 0) is 9.53 Å². The van der Waals surface area contributed by atoms with E-state index in [-0.39, 0.29) is 35.2 Å². The number of rotatable bonds is 6. The van der Waals surface area contributed by atoms with E-state index in [1.807, 2.05) is 13.8 Å². The number of aliphatic carboxylic acids is 1. The molecule has 1 N–H and O–H groups in total. The van der Waals surface area contributed by atoms with Gasteiger partial charge in [0.15, 0.2) is 0 Å². The van der Waals surface area contributed by atoms with Crippen LogP contribution < -0.4 is 4.74 Å². The highest BCUT2D eigenvalue weighted by atomic mass is 35.5. The maximum absolute atomic E-state index is 12.7. The van der Waals surface area contributed by atoms with Crippen LogP contribution in [-0.4, -0.2) is 58.8 Å². The minimum absolute atomic E-state index is 0.0951. The van der Waals surface area contributed by atoms with Crippen LogP contribution in [0.2, 0.25) is 5.02 Å². The average molecular weight is 357 g/mol. The van der Waals surface area contributed by atoms with E-state index in [1.165, 1.54) is 17.2 Å². The molecular formula is C16H21ClN2O5. The predicted octanol–water partition coefficient (Wildman–Crippen LogP) is 2.23. The van der Waals surface area contributed by atoms with E-state index in [0.717, 1.165) is 0 Å². The van der Waals surface area contributed by atoms with Crippen molar-refractivity contribution in [3.8, 4) is 5.88 Å². The Morgan fingerprint density at radius 3 is 2.67 bits per heavy atom. The number of carboxylic acid groups (broad SMARTS) is 1. The van der Waals surface area contributed by atoms with Gasteiger partial charge in [0.1, 0.15) is 11.6 Å². The number of hydrogen-bond donors (Lipinski definition) is 1. The summed E-state index contributed by atoms with van der Waals surface area (Å²) in [7, 11) is 0. The van der Waals surface area contributed by atoms with Gasteiger partial charge in [-0.1, -0.05) is 11.6 Å². The zero-order chi connectivity index (χ0) is 17.7. The molecule has 2 heterocycles. The molecule has 1 aromatic rings. The molecule has 2 rings (SSSR count). The number of halogens is 1. The second-order valence-electron chi connectivity index (χ2n) is 5.85. The van der Waals surface area contributed by atoms with E-state index < -0.39 is 11.9 Å². The van der Waals surface area contributed by atoms with Gasteiger partial charge in [-0.05, 0) is 32.8 Å². The van der Waals surface area contributed by atoms with Crippen LogP contribution in [0.3, 0.4) is 0 Å². The first-order valence-electron chi connectivity index (χ1n) is 7.81. The molecule has 1 aliphatic heterocycles. The van der Waals surface area contributed by atoms with Crippen molar-refractivity contribution >= 4 is 23.5 Å². The molecule has 0 radical (unpaired) electrons. The summed E-state index contributed by atoms with van der Waals surface area (Å²) in [5.74, 6) is -1.22. The van der Waals surface area contributed by atoms with Crippen molar-refractivity contribution in [2.45, 2.75) is 38.8 Å². The Kier molecular flexibility index (Phi) is 6.39. The molecular weight excluding hydrogens is 336 g/mol. The molecule has 7 nitrogen and oxygen atoms in total. The standard InChI is InChI=1S/C16H21ClN2O5/c1-10(2)24-15-13(17)7-11(8-18-15)16(22)19(9-14(20)21)12-3-5-23-6-4-12/h7-8,10,12H,3-6,9H2,1-2H3,(H,20,21). The molecule has 0 spiro atoms. The number of ether oxygens (including phenoxy) is 2. The monoisotopic (exact) mass is 356 g/mol. The lowest BCUT2D eigenvalue weighted by Crippen LogP contribution is -2.46. The first-order valence-corrected chi connectivity index (χ1v) is 8.19. The fourth-order valence-corrected chi connectivity index (χ4v) is 2.74. The number of carbonyl (C=O) groups is 2. The second kappa shape index (κ2) is 8.30. The molecule has 1 aromatic heterocycles. The molecule has 1 fully saturated rings. The van der Waals surface area contributed by atoms with Crippen LogP contribution in [0.4, 0.5) is 0 Å². The summed E-state index contributed by atoms with van der Waals surface area (Å²) in [6.45, 7) is 4.33.